The Labute approximate surface area is 140 Å². The predicted molar refractivity (Wildman–Crippen MR) is 85.0 cm³/mol. The van der Waals surface area contributed by atoms with Gasteiger partial charge in [-0.2, -0.15) is 0 Å². The summed E-state index contributed by atoms with van der Waals surface area (Å²) in [4.78, 5) is 37.9. The fourth-order valence-corrected chi connectivity index (χ4v) is 3.21. The van der Waals surface area contributed by atoms with E-state index in [1.54, 1.807) is 6.08 Å². The molecule has 1 fully saturated rings. The first-order valence-electron chi connectivity index (χ1n) is 7.94. The van der Waals surface area contributed by atoms with E-state index in [2.05, 4.69) is 0 Å². The van der Waals surface area contributed by atoms with Gasteiger partial charge in [0.25, 0.3) is 5.91 Å². The Kier molecular flexibility index (Phi) is 4.64. The van der Waals surface area contributed by atoms with Crippen LogP contribution < -0.4 is 0 Å². The van der Waals surface area contributed by atoms with Gasteiger partial charge in [0.15, 0.2) is 0 Å². The molecule has 2 amide bonds. The maximum atomic E-state index is 12.8. The maximum absolute atomic E-state index is 12.8. The van der Waals surface area contributed by atoms with E-state index in [4.69, 9.17) is 9.47 Å². The number of ether oxygens (including phenoxy) is 2. The van der Waals surface area contributed by atoms with Crippen LogP contribution in [0.4, 0.5) is 4.79 Å². The number of methoxy groups -OCH3 is 1. The number of cyclic esters (lactones) is 1. The smallest absolute Gasteiger partial charge is 0.417 e. The van der Waals surface area contributed by atoms with E-state index in [-0.39, 0.29) is 12.6 Å². The van der Waals surface area contributed by atoms with Crippen molar-refractivity contribution in [1.82, 2.24) is 4.90 Å². The topological polar surface area (TPSA) is 72.9 Å². The lowest BCUT2D eigenvalue weighted by Crippen LogP contribution is -2.42. The maximum Gasteiger partial charge on any atom is 0.417 e. The zero-order chi connectivity index (χ0) is 17.1. The lowest BCUT2D eigenvalue weighted by Gasteiger charge is -2.22. The summed E-state index contributed by atoms with van der Waals surface area (Å²) in [7, 11) is 1.30. The van der Waals surface area contributed by atoms with Crippen molar-refractivity contribution in [2.24, 2.45) is 5.92 Å². The van der Waals surface area contributed by atoms with E-state index >= 15 is 0 Å². The average molecular weight is 329 g/mol. The molecule has 0 aromatic heterocycles. The largest absolute Gasteiger partial charge is 0.469 e. The third-order valence-electron chi connectivity index (χ3n) is 4.42. The van der Waals surface area contributed by atoms with Crippen LogP contribution in [0.25, 0.3) is 0 Å². The Hall–Kier alpha value is -2.63. The SMILES string of the molecule is COC(=O)[C@@H]1CCC=C1C(=O)N1C(=O)OC[C@@H]1Cc1ccccc1. The summed E-state index contributed by atoms with van der Waals surface area (Å²) >= 11 is 0. The van der Waals surface area contributed by atoms with E-state index in [0.29, 0.717) is 24.8 Å². The molecule has 1 aliphatic carbocycles. The monoisotopic (exact) mass is 329 g/mol. The summed E-state index contributed by atoms with van der Waals surface area (Å²) in [6.07, 6.45) is 2.73. The highest BCUT2D eigenvalue weighted by Crippen LogP contribution is 2.30. The molecular weight excluding hydrogens is 310 g/mol. The van der Waals surface area contributed by atoms with Crippen molar-refractivity contribution in [3.8, 4) is 0 Å². The second kappa shape index (κ2) is 6.86. The summed E-state index contributed by atoms with van der Waals surface area (Å²) in [5.41, 5.74) is 1.35. The number of carbonyl (C=O) groups excluding carboxylic acids is 3. The number of hydrogen-bond donors (Lipinski definition) is 0. The first-order valence-corrected chi connectivity index (χ1v) is 7.94. The molecule has 0 spiro atoms. The van der Waals surface area contributed by atoms with Crippen LogP contribution in [0.5, 0.6) is 0 Å². The van der Waals surface area contributed by atoms with Crippen LogP contribution in [0.1, 0.15) is 18.4 Å². The van der Waals surface area contributed by atoms with Crippen LogP contribution in [0, 0.1) is 5.92 Å². The van der Waals surface area contributed by atoms with E-state index in [1.165, 1.54) is 7.11 Å². The molecule has 6 nitrogen and oxygen atoms in total. The Balaban J connectivity index is 1.79. The minimum Gasteiger partial charge on any atom is -0.469 e. The van der Waals surface area contributed by atoms with E-state index in [1.807, 2.05) is 30.3 Å². The molecule has 1 aliphatic heterocycles. The molecule has 1 aromatic carbocycles. The third kappa shape index (κ3) is 3.04. The van der Waals surface area contributed by atoms with Gasteiger partial charge >= 0.3 is 12.1 Å². The molecule has 0 N–H and O–H groups in total. The molecule has 0 saturated carbocycles. The molecule has 2 aliphatic rings. The molecule has 3 rings (SSSR count). The molecule has 0 bridgehead atoms. The van der Waals surface area contributed by atoms with Gasteiger partial charge < -0.3 is 9.47 Å². The quantitative estimate of drug-likeness (QED) is 0.791. The Morgan fingerprint density at radius 2 is 2.04 bits per heavy atom. The van der Waals surface area contributed by atoms with Gasteiger partial charge in [0.2, 0.25) is 0 Å². The van der Waals surface area contributed by atoms with E-state index in [0.717, 1.165) is 10.5 Å². The zero-order valence-electron chi connectivity index (χ0n) is 13.4. The number of hydrogen-bond acceptors (Lipinski definition) is 5. The molecular formula is C18H19NO5. The van der Waals surface area contributed by atoms with Gasteiger partial charge in [0.05, 0.1) is 19.1 Å². The number of nitrogens with zero attached hydrogens (tertiary/aromatic N) is 1. The summed E-state index contributed by atoms with van der Waals surface area (Å²) < 4.78 is 9.84. The van der Waals surface area contributed by atoms with E-state index < -0.39 is 23.9 Å². The van der Waals surface area contributed by atoms with Crippen molar-refractivity contribution in [2.75, 3.05) is 13.7 Å². The second-order valence-electron chi connectivity index (χ2n) is 5.91. The predicted octanol–water partition coefficient (Wildman–Crippen LogP) is 2.09. The second-order valence-corrected chi connectivity index (χ2v) is 5.91. The standard InChI is InChI=1S/C18H19NO5/c1-23-17(21)15-9-5-8-14(15)16(20)19-13(11-24-18(19)22)10-12-6-3-2-4-7-12/h2-4,6-8,13,15H,5,9-11H2,1H3/t13-,15+/m0/s1. The molecule has 0 radical (unpaired) electrons. The van der Waals surface area contributed by atoms with Crippen molar-refractivity contribution in [3.63, 3.8) is 0 Å². The number of rotatable bonds is 4. The Morgan fingerprint density at radius 1 is 1.29 bits per heavy atom. The molecule has 24 heavy (non-hydrogen) atoms. The number of carbonyl (C=O) groups is 3. The van der Waals surface area contributed by atoms with Gasteiger partial charge in [-0.25, -0.2) is 9.69 Å². The number of esters is 1. The van der Waals surface area contributed by atoms with Gasteiger partial charge in [0.1, 0.15) is 6.61 Å². The van der Waals surface area contributed by atoms with Crippen molar-refractivity contribution >= 4 is 18.0 Å². The molecule has 1 saturated heterocycles. The number of allylic oxidation sites excluding steroid dienone is 1. The minimum absolute atomic E-state index is 0.162. The lowest BCUT2D eigenvalue weighted by molar-refractivity contribution is -0.145. The van der Waals surface area contributed by atoms with Gasteiger partial charge in [-0.3, -0.25) is 9.59 Å². The first kappa shape index (κ1) is 16.2. The van der Waals surface area contributed by atoms with Crippen molar-refractivity contribution in [1.29, 1.82) is 0 Å². The van der Waals surface area contributed by atoms with Gasteiger partial charge in [-0.05, 0) is 24.8 Å². The summed E-state index contributed by atoms with van der Waals surface area (Å²) in [6, 6.07) is 9.24. The number of imide groups is 1. The van der Waals surface area contributed by atoms with Gasteiger partial charge in [-0.1, -0.05) is 36.4 Å². The lowest BCUT2D eigenvalue weighted by atomic mass is 9.99. The van der Waals surface area contributed by atoms with Crippen LogP contribution in [0.2, 0.25) is 0 Å². The van der Waals surface area contributed by atoms with Crippen LogP contribution in [-0.2, 0) is 25.5 Å². The highest BCUT2D eigenvalue weighted by Gasteiger charge is 2.42. The summed E-state index contributed by atoms with van der Waals surface area (Å²) in [5.74, 6) is -1.50. The zero-order valence-corrected chi connectivity index (χ0v) is 13.4. The summed E-state index contributed by atoms with van der Waals surface area (Å²) in [5, 5.41) is 0. The fourth-order valence-electron chi connectivity index (χ4n) is 3.21. The normalized spacial score (nSPS) is 23.0. The molecule has 0 unspecified atom stereocenters. The van der Waals surface area contributed by atoms with Crippen molar-refractivity contribution in [3.05, 3.63) is 47.5 Å². The van der Waals surface area contributed by atoms with Crippen LogP contribution in [0.15, 0.2) is 42.0 Å². The first-order chi connectivity index (χ1) is 11.6. The fraction of sp³-hybridized carbons (Fsp3) is 0.389. The highest BCUT2D eigenvalue weighted by molar-refractivity contribution is 6.06. The van der Waals surface area contributed by atoms with Gasteiger partial charge in [-0.15, -0.1) is 0 Å². The molecule has 1 aromatic rings. The van der Waals surface area contributed by atoms with E-state index in [9.17, 15) is 14.4 Å². The third-order valence-corrected chi connectivity index (χ3v) is 4.42. The van der Waals surface area contributed by atoms with Crippen LogP contribution >= 0.6 is 0 Å². The van der Waals surface area contributed by atoms with Crippen LogP contribution in [-0.4, -0.2) is 42.6 Å². The number of amides is 2. The van der Waals surface area contributed by atoms with Crippen molar-refractivity contribution < 1.29 is 23.9 Å². The molecule has 1 heterocycles. The van der Waals surface area contributed by atoms with Crippen molar-refractivity contribution in [2.45, 2.75) is 25.3 Å². The Bertz CT molecular complexity index is 682. The van der Waals surface area contributed by atoms with Gasteiger partial charge in [0, 0.05) is 5.57 Å². The molecule has 6 heteroatoms. The molecule has 126 valence electrons. The highest BCUT2D eigenvalue weighted by atomic mass is 16.6. The average Bonchev–Trinajstić information content (AvgIpc) is 3.22. The minimum atomic E-state index is -0.655. The Morgan fingerprint density at radius 3 is 2.75 bits per heavy atom. The van der Waals surface area contributed by atoms with Crippen LogP contribution in [0.3, 0.4) is 0 Å². The number of benzene rings is 1. The summed E-state index contributed by atoms with van der Waals surface area (Å²) in [6.45, 7) is 0.162. The molecule has 2 atom stereocenters.